The zero-order valence-corrected chi connectivity index (χ0v) is 20.1. The minimum Gasteiger partial charge on any atom is -0.493 e. The largest absolute Gasteiger partial charge is 0.493 e. The number of nitrogens with one attached hydrogen (secondary N) is 1. The van der Waals surface area contributed by atoms with Crippen LogP contribution >= 0.6 is 0 Å². The van der Waals surface area contributed by atoms with Gasteiger partial charge in [-0.2, -0.15) is 17.6 Å². The Kier molecular flexibility index (Phi) is 6.88. The van der Waals surface area contributed by atoms with Gasteiger partial charge < -0.3 is 20.5 Å². The number of hydrogen-bond donors (Lipinski definition) is 2. The van der Waals surface area contributed by atoms with Crippen LogP contribution in [0.2, 0.25) is 0 Å². The van der Waals surface area contributed by atoms with Gasteiger partial charge in [0.25, 0.3) is 5.91 Å². The molecule has 8 nitrogen and oxygen atoms in total. The highest BCUT2D eigenvalue weighted by Crippen LogP contribution is 2.55. The first kappa shape index (κ1) is 26.7. The highest BCUT2D eigenvalue weighted by Gasteiger charge is 2.66. The molecule has 0 radical (unpaired) electrons. The van der Waals surface area contributed by atoms with Gasteiger partial charge in [-0.05, 0) is 19.1 Å². The first-order chi connectivity index (χ1) is 17.3. The maximum atomic E-state index is 14.5. The Morgan fingerprint density at radius 1 is 1.30 bits per heavy atom. The molecular formula is C24H25F5N4O4. The van der Waals surface area contributed by atoms with Gasteiger partial charge >= 0.3 is 6.18 Å². The number of hydrogen-bond acceptors (Lipinski definition) is 6. The number of aromatic nitrogens is 1. The monoisotopic (exact) mass is 528 g/mol. The maximum Gasteiger partial charge on any atom is 0.417 e. The number of alkyl halides is 3. The van der Waals surface area contributed by atoms with E-state index in [0.717, 1.165) is 26.2 Å². The smallest absolute Gasteiger partial charge is 0.417 e. The summed E-state index contributed by atoms with van der Waals surface area (Å²) in [5, 5.41) is 2.50. The molecular weight excluding hydrogens is 503 g/mol. The molecule has 1 aromatic carbocycles. The van der Waals surface area contributed by atoms with Crippen molar-refractivity contribution in [2.45, 2.75) is 50.1 Å². The standard InChI is InChI=1S/C24H25F5N4O4/c1-11-18(14-4-5-15(25)19(26)20(14)36-3)21(37-23(11,2)24(27,28)29)22(35)32-13-6-7-31-16(9-13)33-10-12(30)8-17(33)34/h4-7,9,11-12,18,21H,8,10,30H2,1-3H3,(H,31,32,35)/t11-,12-,18-,21+,23+/m0/s1. The van der Waals surface area contributed by atoms with Crippen LogP contribution in [0.3, 0.4) is 0 Å². The molecule has 2 fully saturated rings. The van der Waals surface area contributed by atoms with Crippen LogP contribution in [0, 0.1) is 17.6 Å². The molecule has 37 heavy (non-hydrogen) atoms. The molecule has 2 saturated heterocycles. The second kappa shape index (κ2) is 9.53. The lowest BCUT2D eigenvalue weighted by Crippen LogP contribution is -2.47. The summed E-state index contributed by atoms with van der Waals surface area (Å²) in [6.07, 6.45) is -5.20. The predicted octanol–water partition coefficient (Wildman–Crippen LogP) is 3.51. The summed E-state index contributed by atoms with van der Waals surface area (Å²) in [4.78, 5) is 30.9. The van der Waals surface area contributed by atoms with E-state index in [2.05, 4.69) is 10.3 Å². The molecule has 0 bridgehead atoms. The number of benzene rings is 1. The van der Waals surface area contributed by atoms with Crippen molar-refractivity contribution >= 4 is 23.3 Å². The lowest BCUT2D eigenvalue weighted by Gasteiger charge is -2.32. The Morgan fingerprint density at radius 3 is 2.59 bits per heavy atom. The molecule has 0 aliphatic carbocycles. The SMILES string of the molecule is COc1c([C@H]2[C@H](C(=O)Nc3ccnc(N4C[C@@H](N)CC4=O)c3)O[C@@](C)(C(F)(F)F)[C@H]2C)ccc(F)c1F. The molecule has 2 aliphatic heterocycles. The van der Waals surface area contributed by atoms with Gasteiger partial charge in [-0.1, -0.05) is 13.0 Å². The Hall–Kier alpha value is -3.32. The first-order valence-corrected chi connectivity index (χ1v) is 11.4. The average molecular weight is 528 g/mol. The van der Waals surface area contributed by atoms with E-state index in [1.54, 1.807) is 0 Å². The van der Waals surface area contributed by atoms with Gasteiger partial charge in [-0.3, -0.25) is 14.5 Å². The number of nitrogens with two attached hydrogens (primary N) is 1. The number of carbonyl (C=O) groups excluding carboxylic acids is 2. The Bertz CT molecular complexity index is 1230. The molecule has 4 rings (SSSR count). The van der Waals surface area contributed by atoms with Gasteiger partial charge in [0.15, 0.2) is 17.2 Å². The van der Waals surface area contributed by atoms with Crippen molar-refractivity contribution < 1.29 is 41.0 Å². The van der Waals surface area contributed by atoms with Crippen LogP contribution < -0.4 is 20.7 Å². The first-order valence-electron chi connectivity index (χ1n) is 11.4. The normalized spacial score (nSPS) is 28.0. The summed E-state index contributed by atoms with van der Waals surface area (Å²) < 4.78 is 80.9. The fraction of sp³-hybridized carbons (Fsp3) is 0.458. The van der Waals surface area contributed by atoms with Crippen molar-refractivity contribution in [2.75, 3.05) is 23.9 Å². The number of methoxy groups -OCH3 is 1. The predicted molar refractivity (Wildman–Crippen MR) is 122 cm³/mol. The third kappa shape index (κ3) is 4.61. The number of amides is 2. The number of carbonyl (C=O) groups is 2. The fourth-order valence-electron chi connectivity index (χ4n) is 4.85. The number of anilines is 2. The van der Waals surface area contributed by atoms with E-state index in [-0.39, 0.29) is 42.0 Å². The van der Waals surface area contributed by atoms with Crippen molar-refractivity contribution in [3.05, 3.63) is 47.7 Å². The van der Waals surface area contributed by atoms with Crippen LogP contribution in [0.4, 0.5) is 33.5 Å². The quantitative estimate of drug-likeness (QED) is 0.576. The molecule has 200 valence electrons. The summed E-state index contributed by atoms with van der Waals surface area (Å²) >= 11 is 0. The van der Waals surface area contributed by atoms with Crippen molar-refractivity contribution in [3.63, 3.8) is 0 Å². The third-order valence-corrected chi connectivity index (χ3v) is 7.02. The second-order valence-electron chi connectivity index (χ2n) is 9.30. The molecule has 3 heterocycles. The second-order valence-corrected chi connectivity index (χ2v) is 9.30. The van der Waals surface area contributed by atoms with Crippen LogP contribution in [0.1, 0.15) is 31.7 Å². The summed E-state index contributed by atoms with van der Waals surface area (Å²) in [6, 6.07) is 4.22. The van der Waals surface area contributed by atoms with Crippen molar-refractivity contribution in [1.29, 1.82) is 0 Å². The van der Waals surface area contributed by atoms with Gasteiger partial charge in [0, 0.05) is 54.4 Å². The molecule has 0 saturated carbocycles. The number of ether oxygens (including phenoxy) is 2. The highest BCUT2D eigenvalue weighted by molar-refractivity contribution is 5.98. The minimum atomic E-state index is -4.88. The van der Waals surface area contributed by atoms with Crippen molar-refractivity contribution in [3.8, 4) is 5.75 Å². The Balaban J connectivity index is 1.70. The lowest BCUT2D eigenvalue weighted by molar-refractivity contribution is -0.272. The number of rotatable bonds is 5. The number of nitrogens with zero attached hydrogens (tertiary/aromatic N) is 2. The minimum absolute atomic E-state index is 0.125. The van der Waals surface area contributed by atoms with E-state index >= 15 is 0 Å². The van der Waals surface area contributed by atoms with Crippen LogP contribution in [-0.2, 0) is 14.3 Å². The molecule has 1 aromatic heterocycles. The Morgan fingerprint density at radius 2 is 2.00 bits per heavy atom. The van der Waals surface area contributed by atoms with Gasteiger partial charge in [0.2, 0.25) is 11.7 Å². The third-order valence-electron chi connectivity index (χ3n) is 7.02. The van der Waals surface area contributed by atoms with E-state index in [1.165, 1.54) is 30.2 Å². The Labute approximate surface area is 208 Å². The van der Waals surface area contributed by atoms with E-state index in [0.29, 0.717) is 0 Å². The van der Waals surface area contributed by atoms with Gasteiger partial charge in [-0.15, -0.1) is 0 Å². The number of halogens is 5. The fourth-order valence-corrected chi connectivity index (χ4v) is 4.85. The molecule has 0 spiro atoms. The van der Waals surface area contributed by atoms with E-state index in [4.69, 9.17) is 15.2 Å². The van der Waals surface area contributed by atoms with Gasteiger partial charge in [-0.25, -0.2) is 9.37 Å². The zero-order chi connectivity index (χ0) is 27.3. The summed E-state index contributed by atoms with van der Waals surface area (Å²) in [6.45, 7) is 2.24. The number of pyridine rings is 1. The molecule has 13 heteroatoms. The maximum absolute atomic E-state index is 14.5. The average Bonchev–Trinajstić information content (AvgIpc) is 3.31. The van der Waals surface area contributed by atoms with Crippen molar-refractivity contribution in [2.24, 2.45) is 11.7 Å². The summed E-state index contributed by atoms with van der Waals surface area (Å²) in [7, 11) is 1.05. The van der Waals surface area contributed by atoms with Gasteiger partial charge in [0.05, 0.1) is 7.11 Å². The van der Waals surface area contributed by atoms with E-state index < -0.39 is 53.0 Å². The molecule has 5 atom stereocenters. The molecule has 3 N–H and O–H groups in total. The van der Waals surface area contributed by atoms with Gasteiger partial charge in [0.1, 0.15) is 11.9 Å². The molecule has 2 aromatic rings. The topological polar surface area (TPSA) is 107 Å². The summed E-state index contributed by atoms with van der Waals surface area (Å²) in [5.74, 6) is -7.02. The van der Waals surface area contributed by atoms with E-state index in [1.807, 2.05) is 0 Å². The zero-order valence-electron chi connectivity index (χ0n) is 20.1. The van der Waals surface area contributed by atoms with Crippen LogP contribution in [-0.4, -0.2) is 54.4 Å². The highest BCUT2D eigenvalue weighted by atomic mass is 19.4. The summed E-state index contributed by atoms with van der Waals surface area (Å²) in [5.41, 5.74) is 3.02. The molecule has 0 unspecified atom stereocenters. The van der Waals surface area contributed by atoms with E-state index in [9.17, 15) is 31.5 Å². The van der Waals surface area contributed by atoms with Crippen molar-refractivity contribution in [1.82, 2.24) is 4.98 Å². The van der Waals surface area contributed by atoms with Crippen LogP contribution in [0.15, 0.2) is 30.5 Å². The molecule has 2 aliphatic rings. The molecule has 2 amide bonds. The van der Waals surface area contributed by atoms with Crippen LogP contribution in [0.25, 0.3) is 0 Å². The van der Waals surface area contributed by atoms with Crippen LogP contribution in [0.5, 0.6) is 5.75 Å². The lowest BCUT2D eigenvalue weighted by atomic mass is 9.77.